The van der Waals surface area contributed by atoms with Gasteiger partial charge in [0, 0.05) is 16.8 Å². The second kappa shape index (κ2) is 6.04. The van der Waals surface area contributed by atoms with Crippen molar-refractivity contribution in [3.63, 3.8) is 0 Å². The van der Waals surface area contributed by atoms with E-state index < -0.39 is 17.7 Å². The molecule has 0 spiro atoms. The largest absolute Gasteiger partial charge is 0.478 e. The second-order valence-electron chi connectivity index (χ2n) is 3.76. The van der Waals surface area contributed by atoms with Crippen LogP contribution >= 0.6 is 23.2 Å². The maximum atomic E-state index is 13.2. The van der Waals surface area contributed by atoms with E-state index in [1.54, 1.807) is 0 Å². The second-order valence-corrected chi connectivity index (χ2v) is 4.58. The molecule has 1 amide bonds. The first-order valence-corrected chi connectivity index (χ1v) is 5.86. The van der Waals surface area contributed by atoms with Crippen molar-refractivity contribution in [1.29, 1.82) is 0 Å². The molecule has 4 nitrogen and oxygen atoms in total. The van der Waals surface area contributed by atoms with E-state index in [4.69, 9.17) is 28.3 Å². The average molecular weight is 306 g/mol. The molecule has 7 heteroatoms. The number of carboxylic acids is 1. The summed E-state index contributed by atoms with van der Waals surface area (Å²) in [5.41, 5.74) is 0.125. The highest BCUT2D eigenvalue weighted by Gasteiger charge is 2.14. The van der Waals surface area contributed by atoms with Crippen LogP contribution in [0, 0.1) is 5.82 Å². The maximum absolute atomic E-state index is 13.2. The number of nitrogens with one attached hydrogen (secondary N) is 1. The summed E-state index contributed by atoms with van der Waals surface area (Å²) in [4.78, 5) is 22.5. The molecule has 0 unspecified atom stereocenters. The SMILES string of the molecule is C/C(C(=O)O)=C(/C)C(=O)Nc1cc(Cl)c(F)c(Cl)c1. The highest BCUT2D eigenvalue weighted by molar-refractivity contribution is 6.35. The lowest BCUT2D eigenvalue weighted by molar-refractivity contribution is -0.133. The number of aliphatic carboxylic acids is 1. The fraction of sp³-hybridized carbons (Fsp3) is 0.167. The zero-order chi connectivity index (χ0) is 14.7. The minimum Gasteiger partial charge on any atom is -0.478 e. The fourth-order valence-corrected chi connectivity index (χ4v) is 1.67. The van der Waals surface area contributed by atoms with E-state index >= 15 is 0 Å². The van der Waals surface area contributed by atoms with Crippen LogP contribution in [-0.2, 0) is 9.59 Å². The molecule has 0 saturated carbocycles. The zero-order valence-corrected chi connectivity index (χ0v) is 11.6. The van der Waals surface area contributed by atoms with Gasteiger partial charge in [-0.3, -0.25) is 4.79 Å². The molecule has 102 valence electrons. The van der Waals surface area contributed by atoms with Crippen LogP contribution in [0.2, 0.25) is 10.0 Å². The van der Waals surface area contributed by atoms with Gasteiger partial charge in [-0.05, 0) is 26.0 Å². The van der Waals surface area contributed by atoms with Crippen LogP contribution < -0.4 is 5.32 Å². The Balaban J connectivity index is 3.02. The minimum atomic E-state index is -1.19. The van der Waals surface area contributed by atoms with Crippen molar-refractivity contribution >= 4 is 40.8 Å². The lowest BCUT2D eigenvalue weighted by Gasteiger charge is -2.08. The van der Waals surface area contributed by atoms with Crippen LogP contribution in [0.4, 0.5) is 10.1 Å². The Hall–Kier alpha value is -1.59. The third-order valence-electron chi connectivity index (χ3n) is 2.47. The summed E-state index contributed by atoms with van der Waals surface area (Å²) in [5, 5.41) is 10.7. The maximum Gasteiger partial charge on any atom is 0.331 e. The number of carbonyl (C=O) groups is 2. The Kier molecular flexibility index (Phi) is 4.91. The molecule has 1 aromatic rings. The van der Waals surface area contributed by atoms with E-state index in [9.17, 15) is 14.0 Å². The molecule has 0 aliphatic rings. The molecule has 1 rings (SSSR count). The Morgan fingerprint density at radius 1 is 1.16 bits per heavy atom. The Morgan fingerprint density at radius 2 is 1.63 bits per heavy atom. The third-order valence-corrected chi connectivity index (χ3v) is 3.02. The van der Waals surface area contributed by atoms with Gasteiger partial charge in [0.25, 0.3) is 5.91 Å². The van der Waals surface area contributed by atoms with Gasteiger partial charge in [-0.15, -0.1) is 0 Å². The first-order valence-electron chi connectivity index (χ1n) is 5.10. The molecule has 0 heterocycles. The highest BCUT2D eigenvalue weighted by Crippen LogP contribution is 2.27. The van der Waals surface area contributed by atoms with Crippen molar-refractivity contribution in [2.75, 3.05) is 5.32 Å². The van der Waals surface area contributed by atoms with Crippen LogP contribution in [0.25, 0.3) is 0 Å². The lowest BCUT2D eigenvalue weighted by atomic mass is 10.1. The van der Waals surface area contributed by atoms with E-state index in [1.165, 1.54) is 26.0 Å². The van der Waals surface area contributed by atoms with Crippen LogP contribution in [0.1, 0.15) is 13.8 Å². The van der Waals surface area contributed by atoms with Gasteiger partial charge in [0.2, 0.25) is 0 Å². The monoisotopic (exact) mass is 305 g/mol. The number of hydrogen-bond acceptors (Lipinski definition) is 2. The molecule has 0 atom stereocenters. The number of amides is 1. The van der Waals surface area contributed by atoms with Crippen LogP contribution in [0.3, 0.4) is 0 Å². The van der Waals surface area contributed by atoms with Crippen LogP contribution in [-0.4, -0.2) is 17.0 Å². The van der Waals surface area contributed by atoms with E-state index in [2.05, 4.69) is 5.32 Å². The third kappa shape index (κ3) is 3.68. The Bertz CT molecular complexity index is 561. The molecule has 2 N–H and O–H groups in total. The molecule has 0 saturated heterocycles. The number of benzene rings is 1. The summed E-state index contributed by atoms with van der Waals surface area (Å²) in [5.74, 6) is -2.60. The van der Waals surface area contributed by atoms with Crippen molar-refractivity contribution < 1.29 is 19.1 Å². The van der Waals surface area contributed by atoms with Gasteiger partial charge >= 0.3 is 5.97 Å². The number of halogens is 3. The van der Waals surface area contributed by atoms with E-state index in [0.29, 0.717) is 0 Å². The van der Waals surface area contributed by atoms with Gasteiger partial charge in [-0.25, -0.2) is 9.18 Å². The first-order chi connectivity index (χ1) is 8.73. The van der Waals surface area contributed by atoms with Crippen molar-refractivity contribution in [3.8, 4) is 0 Å². The first kappa shape index (κ1) is 15.5. The van der Waals surface area contributed by atoms with Gasteiger partial charge in [0.1, 0.15) is 0 Å². The summed E-state index contributed by atoms with van der Waals surface area (Å²) in [6.07, 6.45) is 0. The molecule has 0 fully saturated rings. The van der Waals surface area contributed by atoms with Crippen molar-refractivity contribution in [2.45, 2.75) is 13.8 Å². The molecule has 0 aromatic heterocycles. The predicted octanol–water partition coefficient (Wildman–Crippen LogP) is 3.49. The average Bonchev–Trinajstić information content (AvgIpc) is 2.33. The van der Waals surface area contributed by atoms with Gasteiger partial charge in [0.05, 0.1) is 10.0 Å². The van der Waals surface area contributed by atoms with Crippen LogP contribution in [0.15, 0.2) is 23.3 Å². The summed E-state index contributed by atoms with van der Waals surface area (Å²) in [6.45, 7) is 2.67. The number of carboxylic acid groups (broad SMARTS) is 1. The quantitative estimate of drug-likeness (QED) is 0.663. The topological polar surface area (TPSA) is 66.4 Å². The molecule has 0 radical (unpaired) electrons. The molecule has 0 aliphatic carbocycles. The van der Waals surface area contributed by atoms with Gasteiger partial charge in [-0.1, -0.05) is 23.2 Å². The van der Waals surface area contributed by atoms with Crippen LogP contribution in [0.5, 0.6) is 0 Å². The standard InChI is InChI=1S/C12H10Cl2FNO3/c1-5(6(2)12(18)19)11(17)16-7-3-8(13)10(15)9(14)4-7/h3-4H,1-2H3,(H,16,17)(H,18,19)/b6-5+. The van der Waals surface area contributed by atoms with Gasteiger partial charge in [0.15, 0.2) is 5.82 Å². The van der Waals surface area contributed by atoms with Gasteiger partial charge in [-0.2, -0.15) is 0 Å². The number of carbonyl (C=O) groups excluding carboxylic acids is 1. The molecule has 19 heavy (non-hydrogen) atoms. The van der Waals surface area contributed by atoms with Crippen molar-refractivity contribution in [3.05, 3.63) is 39.1 Å². The minimum absolute atomic E-state index is 0.0315. The molecular formula is C12H10Cl2FNO3. The number of rotatable bonds is 3. The predicted molar refractivity (Wildman–Crippen MR) is 71.1 cm³/mol. The molecule has 1 aromatic carbocycles. The summed E-state index contributed by atoms with van der Waals surface area (Å²) < 4.78 is 13.2. The molecule has 0 bridgehead atoms. The summed E-state index contributed by atoms with van der Waals surface area (Å²) in [6, 6.07) is 2.37. The van der Waals surface area contributed by atoms with E-state index in [0.717, 1.165) is 0 Å². The van der Waals surface area contributed by atoms with E-state index in [-0.39, 0.29) is 26.9 Å². The summed E-state index contributed by atoms with van der Waals surface area (Å²) >= 11 is 11.2. The van der Waals surface area contributed by atoms with E-state index in [1.807, 2.05) is 0 Å². The van der Waals surface area contributed by atoms with Gasteiger partial charge < -0.3 is 10.4 Å². The lowest BCUT2D eigenvalue weighted by Crippen LogP contribution is -2.16. The highest BCUT2D eigenvalue weighted by atomic mass is 35.5. The smallest absolute Gasteiger partial charge is 0.331 e. The molecular weight excluding hydrogens is 296 g/mol. The Morgan fingerprint density at radius 3 is 2.05 bits per heavy atom. The van der Waals surface area contributed by atoms with Crippen molar-refractivity contribution in [2.24, 2.45) is 0 Å². The number of hydrogen-bond donors (Lipinski definition) is 2. The fourth-order valence-electron chi connectivity index (χ4n) is 1.18. The Labute approximate surface area is 118 Å². The molecule has 0 aliphatic heterocycles. The normalized spacial score (nSPS) is 11.8. The number of anilines is 1. The summed E-state index contributed by atoms with van der Waals surface area (Å²) in [7, 11) is 0. The van der Waals surface area contributed by atoms with Crippen molar-refractivity contribution in [1.82, 2.24) is 0 Å². The zero-order valence-electron chi connectivity index (χ0n) is 10.1.